The van der Waals surface area contributed by atoms with Crippen LogP contribution in [-0.4, -0.2) is 92.5 Å². The van der Waals surface area contributed by atoms with Crippen molar-refractivity contribution in [1.82, 2.24) is 9.80 Å². The number of hydrogen-bond acceptors (Lipinski definition) is 6. The van der Waals surface area contributed by atoms with Crippen molar-refractivity contribution in [3.63, 3.8) is 0 Å². The van der Waals surface area contributed by atoms with Gasteiger partial charge in [0.2, 0.25) is 0 Å². The molecule has 44 heavy (non-hydrogen) atoms. The number of fused-ring (bicyclic) bond motifs is 2. The van der Waals surface area contributed by atoms with Crippen LogP contribution in [0.2, 0.25) is 0 Å². The molecule has 2 N–H and O–H groups in total. The normalized spacial score (nSPS) is 20.7. The minimum atomic E-state index is -0.431. The predicted molar refractivity (Wildman–Crippen MR) is 177 cm³/mol. The first-order valence-electron chi connectivity index (χ1n) is 15.6. The molecule has 1 heterocycles. The van der Waals surface area contributed by atoms with Gasteiger partial charge in [0.05, 0.1) is 36.1 Å². The Morgan fingerprint density at radius 3 is 2.57 bits per heavy atom. The number of carbonyl (C=O) groups is 2. The lowest BCUT2D eigenvalue weighted by atomic mass is 10.0. The van der Waals surface area contributed by atoms with Gasteiger partial charge < -0.3 is 34.6 Å². The Balaban J connectivity index is 1.58. The molecule has 0 spiro atoms. The van der Waals surface area contributed by atoms with Crippen LogP contribution in [0, 0.1) is 5.92 Å². The van der Waals surface area contributed by atoms with Gasteiger partial charge in [-0.25, -0.2) is 4.79 Å². The van der Waals surface area contributed by atoms with E-state index in [0.29, 0.717) is 31.0 Å². The van der Waals surface area contributed by atoms with Gasteiger partial charge in [0, 0.05) is 57.8 Å². The van der Waals surface area contributed by atoms with Crippen LogP contribution in [0.3, 0.4) is 0 Å². The summed E-state index contributed by atoms with van der Waals surface area (Å²) in [7, 11) is 5.63. The van der Waals surface area contributed by atoms with E-state index in [4.69, 9.17) is 9.47 Å². The monoisotopic (exact) mass is 604 g/mol. The van der Waals surface area contributed by atoms with Crippen molar-refractivity contribution in [2.24, 2.45) is 5.92 Å². The van der Waals surface area contributed by atoms with Gasteiger partial charge in [-0.05, 0) is 62.8 Å². The molecule has 9 heteroatoms. The summed E-state index contributed by atoms with van der Waals surface area (Å²) in [6, 6.07) is 18.8. The van der Waals surface area contributed by atoms with Crippen molar-refractivity contribution in [2.75, 3.05) is 57.7 Å². The van der Waals surface area contributed by atoms with E-state index >= 15 is 0 Å². The number of benzene rings is 3. The summed E-state index contributed by atoms with van der Waals surface area (Å²) in [5.41, 5.74) is 2.11. The van der Waals surface area contributed by atoms with Crippen LogP contribution in [0.5, 0.6) is 5.75 Å². The number of urea groups is 1. The molecule has 0 saturated carbocycles. The molecular formula is C35H48N4O5. The Morgan fingerprint density at radius 1 is 1.07 bits per heavy atom. The number of hydrogen-bond donors (Lipinski definition) is 2. The van der Waals surface area contributed by atoms with Gasteiger partial charge in [-0.15, -0.1) is 0 Å². The molecule has 0 fully saturated rings. The van der Waals surface area contributed by atoms with Crippen molar-refractivity contribution in [1.29, 1.82) is 0 Å². The number of amides is 3. The van der Waals surface area contributed by atoms with E-state index in [9.17, 15) is 14.7 Å². The van der Waals surface area contributed by atoms with Gasteiger partial charge in [-0.1, -0.05) is 43.3 Å². The molecule has 1 aliphatic rings. The fourth-order valence-corrected chi connectivity index (χ4v) is 5.55. The summed E-state index contributed by atoms with van der Waals surface area (Å²) >= 11 is 0. The summed E-state index contributed by atoms with van der Waals surface area (Å²) in [5, 5.41) is 15.3. The zero-order valence-corrected chi connectivity index (χ0v) is 27.0. The van der Waals surface area contributed by atoms with E-state index in [2.05, 4.69) is 5.32 Å². The third-order valence-corrected chi connectivity index (χ3v) is 8.38. The number of nitrogens with one attached hydrogen (secondary N) is 1. The molecule has 9 nitrogen and oxygen atoms in total. The second-order valence-electron chi connectivity index (χ2n) is 12.2. The van der Waals surface area contributed by atoms with Crippen LogP contribution >= 0.6 is 0 Å². The lowest BCUT2D eigenvalue weighted by Crippen LogP contribution is -2.48. The highest BCUT2D eigenvalue weighted by molar-refractivity contribution is 6.01. The number of nitrogens with zero attached hydrogens (tertiary/aromatic N) is 3. The molecule has 3 aromatic rings. The lowest BCUT2D eigenvalue weighted by molar-refractivity contribution is -0.0115. The van der Waals surface area contributed by atoms with E-state index in [1.165, 1.54) is 0 Å². The first kappa shape index (κ1) is 33.1. The third kappa shape index (κ3) is 8.21. The highest BCUT2D eigenvalue weighted by atomic mass is 16.5. The van der Waals surface area contributed by atoms with Crippen LogP contribution < -0.4 is 15.0 Å². The number of likely N-dealkylation sites (N-methyl/N-ethyl adjacent to an activating group) is 1. The number of ether oxygens (including phenoxy) is 2. The molecule has 3 amide bonds. The number of carbonyl (C=O) groups excluding carboxylic acids is 2. The van der Waals surface area contributed by atoms with Gasteiger partial charge in [-0.3, -0.25) is 4.79 Å². The number of rotatable bonds is 6. The van der Waals surface area contributed by atoms with E-state index in [1.807, 2.05) is 100 Å². The zero-order valence-electron chi connectivity index (χ0n) is 27.0. The maximum atomic E-state index is 14.2. The number of aliphatic hydroxyl groups is 1. The summed E-state index contributed by atoms with van der Waals surface area (Å²) in [4.78, 5) is 32.9. The fourth-order valence-electron chi connectivity index (χ4n) is 5.55. The Hall–Kier alpha value is -3.82. The maximum Gasteiger partial charge on any atom is 0.321 e. The Morgan fingerprint density at radius 2 is 1.82 bits per heavy atom. The molecule has 0 radical (unpaired) electrons. The summed E-state index contributed by atoms with van der Waals surface area (Å²) in [6.45, 7) is 6.92. The molecule has 3 aromatic carbocycles. The number of aliphatic hydroxyl groups excluding tert-OH is 1. The fraction of sp³-hybridized carbons (Fsp3) is 0.486. The summed E-state index contributed by atoms with van der Waals surface area (Å²) in [5.74, 6) is 0.205. The average Bonchev–Trinajstić information content (AvgIpc) is 3.01. The summed E-state index contributed by atoms with van der Waals surface area (Å²) in [6.07, 6.45) is 2.16. The molecule has 238 valence electrons. The van der Waals surface area contributed by atoms with Crippen molar-refractivity contribution < 1.29 is 24.2 Å². The molecular weight excluding hydrogens is 556 g/mol. The zero-order chi connectivity index (χ0) is 31.8. The van der Waals surface area contributed by atoms with E-state index in [1.54, 1.807) is 16.8 Å². The third-order valence-electron chi connectivity index (χ3n) is 8.38. The van der Waals surface area contributed by atoms with E-state index in [-0.39, 0.29) is 36.7 Å². The Bertz CT molecular complexity index is 1410. The molecule has 4 rings (SSSR count). The van der Waals surface area contributed by atoms with Gasteiger partial charge in [0.1, 0.15) is 5.75 Å². The van der Waals surface area contributed by atoms with Crippen LogP contribution in [0.15, 0.2) is 60.7 Å². The smallest absolute Gasteiger partial charge is 0.321 e. The first-order chi connectivity index (χ1) is 21.1. The van der Waals surface area contributed by atoms with Crippen molar-refractivity contribution in [3.05, 3.63) is 66.2 Å². The largest absolute Gasteiger partial charge is 0.490 e. The molecule has 4 atom stereocenters. The quantitative estimate of drug-likeness (QED) is 0.366. The molecule has 0 unspecified atom stereocenters. The molecule has 0 aromatic heterocycles. The molecule has 0 saturated heterocycles. The second kappa shape index (κ2) is 15.3. The van der Waals surface area contributed by atoms with Gasteiger partial charge in [0.25, 0.3) is 5.91 Å². The molecule has 0 aliphatic carbocycles. The van der Waals surface area contributed by atoms with E-state index < -0.39 is 6.04 Å². The SMILES string of the molecule is C[C@@H]1CCCCO[C@H](CN(C)C(=O)Nc2cccc3ccccc23)[C@@H](C)CN([C@@H](C)CO)C(=O)c2cc(N(C)C)ccc2O1. The number of anilines is 2. The van der Waals surface area contributed by atoms with Crippen LogP contribution in [0.1, 0.15) is 50.4 Å². The van der Waals surface area contributed by atoms with Gasteiger partial charge in [0.15, 0.2) is 0 Å². The predicted octanol–water partition coefficient (Wildman–Crippen LogP) is 5.87. The lowest BCUT2D eigenvalue weighted by Gasteiger charge is -2.36. The first-order valence-corrected chi connectivity index (χ1v) is 15.6. The van der Waals surface area contributed by atoms with Crippen molar-refractivity contribution in [3.8, 4) is 5.75 Å². The minimum Gasteiger partial charge on any atom is -0.490 e. The highest BCUT2D eigenvalue weighted by Gasteiger charge is 2.31. The molecule has 1 aliphatic heterocycles. The topological polar surface area (TPSA) is 94.6 Å². The second-order valence-corrected chi connectivity index (χ2v) is 12.2. The van der Waals surface area contributed by atoms with Crippen LogP contribution in [-0.2, 0) is 4.74 Å². The van der Waals surface area contributed by atoms with Crippen LogP contribution in [0.4, 0.5) is 16.2 Å². The van der Waals surface area contributed by atoms with Gasteiger partial charge in [-0.2, -0.15) is 0 Å². The highest BCUT2D eigenvalue weighted by Crippen LogP contribution is 2.29. The Labute approximate surface area is 261 Å². The van der Waals surface area contributed by atoms with Crippen molar-refractivity contribution in [2.45, 2.75) is 58.3 Å². The van der Waals surface area contributed by atoms with Gasteiger partial charge >= 0.3 is 6.03 Å². The molecule has 0 bridgehead atoms. The summed E-state index contributed by atoms with van der Waals surface area (Å²) < 4.78 is 12.7. The average molecular weight is 605 g/mol. The Kier molecular flexibility index (Phi) is 11.5. The minimum absolute atomic E-state index is 0.0861. The standard InChI is InChI=1S/C35H48N4O5/c1-24-21-39(25(2)23-40)34(41)30-20-28(37(4)5)17-18-32(30)44-26(3)12-9-10-19-43-33(24)22-38(6)35(42)36-31-16-11-14-27-13-7-8-15-29(27)31/h7-8,11,13-18,20,24-26,33,40H,9-10,12,19,21-23H2,1-6H3,(H,36,42)/t24-,25-,26+,33+/m0/s1. The van der Waals surface area contributed by atoms with Crippen molar-refractivity contribution >= 4 is 34.1 Å². The van der Waals surface area contributed by atoms with E-state index in [0.717, 1.165) is 41.4 Å². The van der Waals surface area contributed by atoms with Crippen LogP contribution in [0.25, 0.3) is 10.8 Å². The maximum absolute atomic E-state index is 14.2.